The van der Waals surface area contributed by atoms with Gasteiger partial charge in [0, 0.05) is 6.42 Å². The summed E-state index contributed by atoms with van der Waals surface area (Å²) < 4.78 is 26.2. The Labute approximate surface area is 92.1 Å². The second-order valence-electron chi connectivity index (χ2n) is 3.53. The maximum atomic E-state index is 13.1. The van der Waals surface area contributed by atoms with Crippen LogP contribution in [0.1, 0.15) is 19.8 Å². The van der Waals surface area contributed by atoms with Crippen molar-refractivity contribution in [3.63, 3.8) is 0 Å². The van der Waals surface area contributed by atoms with Gasteiger partial charge >= 0.3 is 0 Å². The van der Waals surface area contributed by atoms with Crippen molar-refractivity contribution in [2.24, 2.45) is 0 Å². The van der Waals surface area contributed by atoms with Crippen molar-refractivity contribution in [3.8, 4) is 0 Å². The van der Waals surface area contributed by atoms with E-state index in [0.29, 0.717) is 0 Å². The van der Waals surface area contributed by atoms with E-state index in [1.165, 1.54) is 13.0 Å². The van der Waals surface area contributed by atoms with Crippen molar-refractivity contribution in [2.45, 2.75) is 25.9 Å². The molecule has 0 aliphatic carbocycles. The lowest BCUT2D eigenvalue weighted by Gasteiger charge is -2.08. The van der Waals surface area contributed by atoms with Crippen LogP contribution < -0.4 is 5.32 Å². The molecule has 0 spiro atoms. The first-order valence-corrected chi connectivity index (χ1v) is 4.92. The molecule has 1 atom stereocenters. The Morgan fingerprint density at radius 1 is 1.44 bits per heavy atom. The van der Waals surface area contributed by atoms with Crippen LogP contribution in [0.3, 0.4) is 0 Å². The zero-order chi connectivity index (χ0) is 12.1. The maximum absolute atomic E-state index is 13.1. The molecule has 0 heterocycles. The van der Waals surface area contributed by atoms with E-state index in [-0.39, 0.29) is 12.8 Å². The second kappa shape index (κ2) is 5.55. The van der Waals surface area contributed by atoms with Gasteiger partial charge in [-0.25, -0.2) is 8.78 Å². The molecule has 0 aliphatic rings. The largest absolute Gasteiger partial charge is 0.393 e. The minimum absolute atomic E-state index is 0.0193. The Hall–Kier alpha value is -1.49. The Morgan fingerprint density at radius 3 is 2.50 bits per heavy atom. The topological polar surface area (TPSA) is 49.3 Å². The second-order valence-corrected chi connectivity index (χ2v) is 3.53. The molecule has 88 valence electrons. The highest BCUT2D eigenvalue weighted by Crippen LogP contribution is 2.18. The molecule has 0 saturated carbocycles. The van der Waals surface area contributed by atoms with Gasteiger partial charge in [0.2, 0.25) is 5.91 Å². The fourth-order valence-corrected chi connectivity index (χ4v) is 1.16. The van der Waals surface area contributed by atoms with Crippen LogP contribution in [-0.2, 0) is 4.79 Å². The number of aliphatic hydroxyl groups is 1. The van der Waals surface area contributed by atoms with Gasteiger partial charge < -0.3 is 10.4 Å². The van der Waals surface area contributed by atoms with Crippen molar-refractivity contribution in [3.05, 3.63) is 29.8 Å². The molecule has 3 nitrogen and oxygen atoms in total. The van der Waals surface area contributed by atoms with E-state index in [1.807, 2.05) is 0 Å². The Kier molecular flexibility index (Phi) is 4.37. The molecule has 0 radical (unpaired) electrons. The van der Waals surface area contributed by atoms with Crippen LogP contribution in [0.15, 0.2) is 18.2 Å². The number of nitrogens with one attached hydrogen (secondary N) is 1. The Morgan fingerprint density at radius 2 is 2.00 bits per heavy atom. The summed E-state index contributed by atoms with van der Waals surface area (Å²) in [4.78, 5) is 11.3. The third kappa shape index (κ3) is 3.58. The fourth-order valence-electron chi connectivity index (χ4n) is 1.16. The van der Waals surface area contributed by atoms with E-state index in [0.717, 1.165) is 12.1 Å². The third-order valence-corrected chi connectivity index (χ3v) is 2.02. The summed E-state index contributed by atoms with van der Waals surface area (Å²) in [6, 6.07) is 3.34. The van der Waals surface area contributed by atoms with Crippen LogP contribution in [0.25, 0.3) is 0 Å². The molecule has 1 rings (SSSR count). The van der Waals surface area contributed by atoms with E-state index in [2.05, 4.69) is 5.32 Å². The molecule has 1 amide bonds. The molecule has 0 bridgehead atoms. The van der Waals surface area contributed by atoms with E-state index >= 15 is 0 Å². The van der Waals surface area contributed by atoms with Crippen molar-refractivity contribution in [2.75, 3.05) is 5.32 Å². The fraction of sp³-hybridized carbons (Fsp3) is 0.364. The van der Waals surface area contributed by atoms with E-state index in [1.54, 1.807) is 0 Å². The highest BCUT2D eigenvalue weighted by atomic mass is 19.1. The first-order valence-electron chi connectivity index (χ1n) is 4.92. The summed E-state index contributed by atoms with van der Waals surface area (Å²) in [5.41, 5.74) is -0.446. The normalized spacial score (nSPS) is 12.2. The van der Waals surface area contributed by atoms with Gasteiger partial charge in [-0.1, -0.05) is 6.07 Å². The number of rotatable bonds is 4. The van der Waals surface area contributed by atoms with Crippen LogP contribution in [0.4, 0.5) is 14.5 Å². The molecule has 0 aromatic heterocycles. The molecule has 1 aromatic carbocycles. The average Bonchev–Trinajstić information content (AvgIpc) is 2.21. The lowest BCUT2D eigenvalue weighted by molar-refractivity contribution is -0.116. The molecule has 1 unspecified atom stereocenters. The monoisotopic (exact) mass is 229 g/mol. The van der Waals surface area contributed by atoms with Crippen LogP contribution in [-0.4, -0.2) is 17.1 Å². The number of carbonyl (C=O) groups is 1. The number of carbonyl (C=O) groups excluding carboxylic acids is 1. The lowest BCUT2D eigenvalue weighted by atomic mass is 10.2. The van der Waals surface area contributed by atoms with Crippen molar-refractivity contribution in [1.29, 1.82) is 0 Å². The SMILES string of the molecule is CC(O)CCC(=O)Nc1c(F)cccc1F. The summed E-state index contributed by atoms with van der Waals surface area (Å²) in [5, 5.41) is 11.1. The predicted octanol–water partition coefficient (Wildman–Crippen LogP) is 2.06. The highest BCUT2D eigenvalue weighted by Gasteiger charge is 2.12. The highest BCUT2D eigenvalue weighted by molar-refractivity contribution is 5.90. The maximum Gasteiger partial charge on any atom is 0.224 e. The third-order valence-electron chi connectivity index (χ3n) is 2.02. The summed E-state index contributed by atoms with van der Waals surface area (Å²) in [5.74, 6) is -2.15. The van der Waals surface area contributed by atoms with Crippen LogP contribution in [0, 0.1) is 11.6 Å². The van der Waals surface area contributed by atoms with Gasteiger partial charge in [0.1, 0.15) is 17.3 Å². The Bertz CT molecular complexity index is 360. The molecule has 0 fully saturated rings. The zero-order valence-corrected chi connectivity index (χ0v) is 8.84. The van der Waals surface area contributed by atoms with E-state index in [4.69, 9.17) is 5.11 Å². The Balaban J connectivity index is 2.63. The number of benzene rings is 1. The van der Waals surface area contributed by atoms with Gasteiger partial charge in [0.05, 0.1) is 6.10 Å². The molecular formula is C11H13F2NO2. The van der Waals surface area contributed by atoms with Gasteiger partial charge in [-0.15, -0.1) is 0 Å². The van der Waals surface area contributed by atoms with E-state index in [9.17, 15) is 13.6 Å². The van der Waals surface area contributed by atoms with Crippen LogP contribution in [0.2, 0.25) is 0 Å². The summed E-state index contributed by atoms with van der Waals surface area (Å²) >= 11 is 0. The molecule has 0 saturated heterocycles. The number of hydrogen-bond donors (Lipinski definition) is 2. The van der Waals surface area contributed by atoms with Crippen molar-refractivity contribution < 1.29 is 18.7 Å². The van der Waals surface area contributed by atoms with Gasteiger partial charge in [-0.3, -0.25) is 4.79 Å². The molecular weight excluding hydrogens is 216 g/mol. The minimum atomic E-state index is -0.814. The number of para-hydroxylation sites is 1. The quantitative estimate of drug-likeness (QED) is 0.830. The van der Waals surface area contributed by atoms with Gasteiger partial charge in [0.25, 0.3) is 0 Å². The smallest absolute Gasteiger partial charge is 0.224 e. The zero-order valence-electron chi connectivity index (χ0n) is 8.84. The average molecular weight is 229 g/mol. The number of halogens is 2. The molecule has 16 heavy (non-hydrogen) atoms. The molecule has 0 aliphatic heterocycles. The molecule has 5 heteroatoms. The van der Waals surface area contributed by atoms with Gasteiger partial charge in [-0.05, 0) is 25.5 Å². The number of hydrogen-bond acceptors (Lipinski definition) is 2. The lowest BCUT2D eigenvalue weighted by Crippen LogP contribution is -2.15. The van der Waals surface area contributed by atoms with E-state index < -0.39 is 29.3 Å². The minimum Gasteiger partial charge on any atom is -0.393 e. The summed E-state index contributed by atoms with van der Waals surface area (Å²) in [7, 11) is 0. The van der Waals surface area contributed by atoms with Gasteiger partial charge in [-0.2, -0.15) is 0 Å². The van der Waals surface area contributed by atoms with Gasteiger partial charge in [0.15, 0.2) is 0 Å². The summed E-state index contributed by atoms with van der Waals surface area (Å²) in [6.45, 7) is 1.54. The van der Waals surface area contributed by atoms with Crippen LogP contribution in [0.5, 0.6) is 0 Å². The first-order chi connectivity index (χ1) is 7.50. The first kappa shape index (κ1) is 12.6. The van der Waals surface area contributed by atoms with Crippen LogP contribution >= 0.6 is 0 Å². The summed E-state index contributed by atoms with van der Waals surface area (Å²) in [6.07, 6.45) is -0.343. The predicted molar refractivity (Wildman–Crippen MR) is 55.9 cm³/mol. The van der Waals surface area contributed by atoms with Crippen molar-refractivity contribution >= 4 is 11.6 Å². The number of anilines is 1. The van der Waals surface area contributed by atoms with Crippen molar-refractivity contribution in [1.82, 2.24) is 0 Å². The standard InChI is InChI=1S/C11H13F2NO2/c1-7(15)5-6-10(16)14-11-8(12)3-2-4-9(11)13/h2-4,7,15H,5-6H2,1H3,(H,14,16). The molecule has 2 N–H and O–H groups in total. The number of amides is 1. The molecule has 1 aromatic rings. The number of aliphatic hydroxyl groups excluding tert-OH is 1.